The minimum Gasteiger partial charge on any atom is -0.494 e. The van der Waals surface area contributed by atoms with Crippen molar-refractivity contribution in [1.29, 1.82) is 5.26 Å². The summed E-state index contributed by atoms with van der Waals surface area (Å²) < 4.78 is 6.76. The van der Waals surface area contributed by atoms with Gasteiger partial charge in [0.05, 0.1) is 12.7 Å². The van der Waals surface area contributed by atoms with Crippen LogP contribution in [-0.4, -0.2) is 6.61 Å². The van der Waals surface area contributed by atoms with E-state index in [1.54, 1.807) is 0 Å². The van der Waals surface area contributed by atoms with Crippen LogP contribution in [0, 0.1) is 11.3 Å². The smallest absolute Gasteiger partial charge is 0.119 e. The summed E-state index contributed by atoms with van der Waals surface area (Å²) in [5.41, 5.74) is 2.44. The molecule has 1 N–H and O–H groups in total. The molecule has 0 spiro atoms. The number of benzene rings is 2. The largest absolute Gasteiger partial charge is 0.494 e. The maximum absolute atomic E-state index is 8.52. The second kappa shape index (κ2) is 9.34. The molecular weight excluding hydrogens is 352 g/mol. The second-order valence-electron chi connectivity index (χ2n) is 5.42. The van der Waals surface area contributed by atoms with E-state index in [-0.39, 0.29) is 6.04 Å². The molecule has 2 aromatic carbocycles. The highest BCUT2D eigenvalue weighted by Crippen LogP contribution is 2.19. The lowest BCUT2D eigenvalue weighted by Crippen LogP contribution is -2.18. The van der Waals surface area contributed by atoms with E-state index in [1.165, 1.54) is 11.1 Å². The Morgan fingerprint density at radius 3 is 2.83 bits per heavy atom. The monoisotopic (exact) mass is 372 g/mol. The predicted molar refractivity (Wildman–Crippen MR) is 96.2 cm³/mol. The summed E-state index contributed by atoms with van der Waals surface area (Å²) in [6.07, 6.45) is 1.30. The van der Waals surface area contributed by atoms with Crippen LogP contribution in [0.4, 0.5) is 0 Å². The topological polar surface area (TPSA) is 45.0 Å². The van der Waals surface area contributed by atoms with Crippen LogP contribution >= 0.6 is 15.9 Å². The third-order valence-electron chi connectivity index (χ3n) is 3.56. The van der Waals surface area contributed by atoms with Gasteiger partial charge in [0.2, 0.25) is 0 Å². The lowest BCUT2D eigenvalue weighted by Gasteiger charge is -2.15. The van der Waals surface area contributed by atoms with Gasteiger partial charge in [0.15, 0.2) is 0 Å². The summed E-state index contributed by atoms with van der Waals surface area (Å²) in [6.45, 7) is 3.52. The molecule has 4 heteroatoms. The Bertz CT molecular complexity index is 666. The van der Waals surface area contributed by atoms with E-state index in [0.29, 0.717) is 13.0 Å². The number of halogens is 1. The summed E-state index contributed by atoms with van der Waals surface area (Å²) in [6, 6.07) is 18.8. The van der Waals surface area contributed by atoms with Crippen molar-refractivity contribution in [3.05, 3.63) is 64.1 Å². The lowest BCUT2D eigenvalue weighted by atomic mass is 10.1. The molecular formula is C19H21BrN2O. The first-order valence-electron chi connectivity index (χ1n) is 7.76. The fourth-order valence-corrected chi connectivity index (χ4v) is 2.67. The van der Waals surface area contributed by atoms with Gasteiger partial charge in [-0.3, -0.25) is 0 Å². The Labute approximate surface area is 146 Å². The summed E-state index contributed by atoms with van der Waals surface area (Å²) in [7, 11) is 0. The van der Waals surface area contributed by atoms with E-state index in [0.717, 1.165) is 23.2 Å². The van der Waals surface area contributed by atoms with Crippen molar-refractivity contribution in [2.45, 2.75) is 32.4 Å². The molecule has 0 radical (unpaired) electrons. The molecule has 0 aliphatic heterocycles. The number of hydrogen-bond donors (Lipinski definition) is 1. The van der Waals surface area contributed by atoms with Crippen molar-refractivity contribution in [1.82, 2.24) is 5.32 Å². The van der Waals surface area contributed by atoms with Crippen LogP contribution in [0.15, 0.2) is 53.0 Å². The Hall–Kier alpha value is -1.83. The van der Waals surface area contributed by atoms with E-state index in [2.05, 4.69) is 52.4 Å². The fourth-order valence-electron chi connectivity index (χ4n) is 2.25. The van der Waals surface area contributed by atoms with Gasteiger partial charge in [-0.2, -0.15) is 5.26 Å². The molecule has 120 valence electrons. The minimum absolute atomic E-state index is 0.271. The van der Waals surface area contributed by atoms with Crippen LogP contribution in [0.5, 0.6) is 5.75 Å². The molecule has 2 rings (SSSR count). The molecule has 0 aliphatic carbocycles. The highest BCUT2D eigenvalue weighted by Gasteiger charge is 2.05. The molecule has 0 aliphatic rings. The van der Waals surface area contributed by atoms with E-state index >= 15 is 0 Å². The summed E-state index contributed by atoms with van der Waals surface area (Å²) in [5, 5.41) is 12.1. The molecule has 0 bridgehead atoms. The van der Waals surface area contributed by atoms with Gasteiger partial charge in [0.25, 0.3) is 0 Å². The van der Waals surface area contributed by atoms with Crippen LogP contribution in [0.2, 0.25) is 0 Å². The Kier molecular flexibility index (Phi) is 7.12. The highest BCUT2D eigenvalue weighted by atomic mass is 79.9. The first kappa shape index (κ1) is 17.5. The average molecular weight is 373 g/mol. The van der Waals surface area contributed by atoms with Gasteiger partial charge in [-0.05, 0) is 48.7 Å². The van der Waals surface area contributed by atoms with Crippen LogP contribution in [0.3, 0.4) is 0 Å². The molecule has 23 heavy (non-hydrogen) atoms. The summed E-state index contributed by atoms with van der Waals surface area (Å²) in [5.74, 6) is 0.859. The number of nitriles is 1. The van der Waals surface area contributed by atoms with Crippen LogP contribution in [0.1, 0.15) is 36.9 Å². The van der Waals surface area contributed by atoms with Crippen molar-refractivity contribution in [3.8, 4) is 11.8 Å². The maximum Gasteiger partial charge on any atom is 0.119 e. The van der Waals surface area contributed by atoms with Crippen LogP contribution in [-0.2, 0) is 6.54 Å². The van der Waals surface area contributed by atoms with Crippen molar-refractivity contribution in [2.75, 3.05) is 6.61 Å². The molecule has 1 atom stereocenters. The molecule has 2 aromatic rings. The lowest BCUT2D eigenvalue weighted by molar-refractivity contribution is 0.312. The molecule has 3 nitrogen and oxygen atoms in total. The summed E-state index contributed by atoms with van der Waals surface area (Å²) >= 11 is 3.51. The third-order valence-corrected chi connectivity index (χ3v) is 4.05. The SMILES string of the molecule is CC(NCc1cccc(OCCCC#N)c1)c1cccc(Br)c1. The highest BCUT2D eigenvalue weighted by molar-refractivity contribution is 9.10. The van der Waals surface area contributed by atoms with Crippen LogP contribution in [0.25, 0.3) is 0 Å². The predicted octanol–water partition coefficient (Wildman–Crippen LogP) is 4.98. The van der Waals surface area contributed by atoms with Crippen molar-refractivity contribution in [2.24, 2.45) is 0 Å². The third kappa shape index (κ3) is 6.05. The Morgan fingerprint density at radius 1 is 1.22 bits per heavy atom. The van der Waals surface area contributed by atoms with Gasteiger partial charge >= 0.3 is 0 Å². The minimum atomic E-state index is 0.271. The van der Waals surface area contributed by atoms with Gasteiger partial charge in [0, 0.05) is 23.5 Å². The van der Waals surface area contributed by atoms with Gasteiger partial charge in [-0.15, -0.1) is 0 Å². The van der Waals surface area contributed by atoms with Gasteiger partial charge in [-0.25, -0.2) is 0 Å². The molecule has 0 amide bonds. The van der Waals surface area contributed by atoms with Crippen molar-refractivity contribution < 1.29 is 4.74 Å². The fraction of sp³-hybridized carbons (Fsp3) is 0.316. The zero-order chi connectivity index (χ0) is 16.5. The molecule has 0 saturated heterocycles. The number of rotatable bonds is 8. The molecule has 0 heterocycles. The first-order valence-corrected chi connectivity index (χ1v) is 8.56. The van der Waals surface area contributed by atoms with E-state index in [1.807, 2.05) is 30.3 Å². The van der Waals surface area contributed by atoms with Crippen LogP contribution < -0.4 is 10.1 Å². The Balaban J connectivity index is 1.86. The number of ether oxygens (including phenoxy) is 1. The van der Waals surface area contributed by atoms with Gasteiger partial charge in [0.1, 0.15) is 5.75 Å². The maximum atomic E-state index is 8.52. The number of unbranched alkanes of at least 4 members (excludes halogenated alkanes) is 1. The molecule has 0 fully saturated rings. The van der Waals surface area contributed by atoms with E-state index in [9.17, 15) is 0 Å². The Morgan fingerprint density at radius 2 is 2.04 bits per heavy atom. The van der Waals surface area contributed by atoms with Crippen molar-refractivity contribution >= 4 is 15.9 Å². The van der Waals surface area contributed by atoms with Crippen molar-refractivity contribution in [3.63, 3.8) is 0 Å². The standard InChI is InChI=1S/C19H21BrN2O/c1-15(17-7-5-8-18(20)13-17)22-14-16-6-4-9-19(12-16)23-11-3-2-10-21/h4-9,12-13,15,22H,2-3,11,14H2,1H3. The normalized spacial score (nSPS) is 11.7. The van der Waals surface area contributed by atoms with Gasteiger partial charge < -0.3 is 10.1 Å². The second-order valence-corrected chi connectivity index (χ2v) is 6.33. The average Bonchev–Trinajstić information content (AvgIpc) is 2.57. The van der Waals surface area contributed by atoms with E-state index in [4.69, 9.17) is 10.00 Å². The zero-order valence-electron chi connectivity index (χ0n) is 13.3. The zero-order valence-corrected chi connectivity index (χ0v) is 14.8. The van der Waals surface area contributed by atoms with Gasteiger partial charge in [-0.1, -0.05) is 40.2 Å². The number of nitrogens with one attached hydrogen (secondary N) is 1. The number of hydrogen-bond acceptors (Lipinski definition) is 3. The summed E-state index contributed by atoms with van der Waals surface area (Å²) in [4.78, 5) is 0. The molecule has 1 unspecified atom stereocenters. The first-order chi connectivity index (χ1) is 11.2. The molecule has 0 saturated carbocycles. The van der Waals surface area contributed by atoms with E-state index < -0.39 is 0 Å². The quantitative estimate of drug-likeness (QED) is 0.664. The molecule has 0 aromatic heterocycles. The number of nitrogens with zero attached hydrogens (tertiary/aromatic N) is 1.